The summed E-state index contributed by atoms with van der Waals surface area (Å²) in [5.41, 5.74) is -1.54. The number of amides is 4. The molecule has 1 aliphatic heterocycles. The molecule has 7 nitrogen and oxygen atoms in total. The Kier molecular flexibility index (Phi) is 3.38. The Bertz CT molecular complexity index is 273. The van der Waals surface area contributed by atoms with Crippen molar-refractivity contribution in [2.75, 3.05) is 13.2 Å². The van der Waals surface area contributed by atoms with Crippen LogP contribution >= 0.6 is 0 Å². The summed E-state index contributed by atoms with van der Waals surface area (Å²) < 4.78 is 0. The molecule has 84 valence electrons. The van der Waals surface area contributed by atoms with Crippen molar-refractivity contribution in [3.05, 3.63) is 0 Å². The van der Waals surface area contributed by atoms with Crippen LogP contribution in [0.25, 0.3) is 0 Å². The molecule has 0 spiro atoms. The first-order valence-corrected chi connectivity index (χ1v) is 4.45. The molecule has 0 bridgehead atoms. The molecule has 1 fully saturated rings. The molecule has 15 heavy (non-hydrogen) atoms. The summed E-state index contributed by atoms with van der Waals surface area (Å²) in [4.78, 5) is 33.8. The van der Waals surface area contributed by atoms with Gasteiger partial charge in [0.25, 0.3) is 0 Å². The van der Waals surface area contributed by atoms with E-state index in [1.807, 2.05) is 10.6 Å². The molecule has 1 rings (SSSR count). The topological polar surface area (TPSA) is 116 Å². The second kappa shape index (κ2) is 4.37. The van der Waals surface area contributed by atoms with Crippen LogP contribution in [-0.2, 0) is 9.59 Å². The number of carbonyl (C=O) groups excluding carboxylic acids is 3. The molecule has 4 N–H and O–H groups in total. The second-order valence-corrected chi connectivity index (χ2v) is 3.27. The van der Waals surface area contributed by atoms with Crippen molar-refractivity contribution in [1.82, 2.24) is 10.6 Å². The largest absolute Gasteiger partial charge is 0.396 e. The van der Waals surface area contributed by atoms with E-state index in [2.05, 4.69) is 0 Å². The first-order valence-electron chi connectivity index (χ1n) is 4.45. The van der Waals surface area contributed by atoms with E-state index in [-0.39, 0.29) is 26.1 Å². The highest BCUT2D eigenvalue weighted by atomic mass is 16.3. The highest BCUT2D eigenvalue weighted by Crippen LogP contribution is 2.28. The van der Waals surface area contributed by atoms with E-state index >= 15 is 0 Å². The summed E-state index contributed by atoms with van der Waals surface area (Å²) in [6, 6.07) is -0.878. The molecule has 0 aromatic heterocycles. The monoisotopic (exact) mass is 216 g/mol. The van der Waals surface area contributed by atoms with E-state index in [0.29, 0.717) is 0 Å². The van der Waals surface area contributed by atoms with Crippen LogP contribution in [0, 0.1) is 5.41 Å². The van der Waals surface area contributed by atoms with Crippen LogP contribution < -0.4 is 10.6 Å². The van der Waals surface area contributed by atoms with Crippen molar-refractivity contribution < 1.29 is 24.6 Å². The molecule has 0 saturated carbocycles. The van der Waals surface area contributed by atoms with E-state index in [1.54, 1.807) is 0 Å². The third-order valence-electron chi connectivity index (χ3n) is 2.40. The number of aliphatic hydroxyl groups excluding tert-OH is 2. The van der Waals surface area contributed by atoms with Gasteiger partial charge in [-0.1, -0.05) is 0 Å². The molecule has 1 aliphatic rings. The third kappa shape index (κ3) is 1.97. The average Bonchev–Trinajstić information content (AvgIpc) is 2.14. The van der Waals surface area contributed by atoms with Crippen molar-refractivity contribution in [3.8, 4) is 0 Å². The van der Waals surface area contributed by atoms with E-state index < -0.39 is 23.3 Å². The molecule has 4 amide bonds. The quantitative estimate of drug-likeness (QED) is 0.410. The lowest BCUT2D eigenvalue weighted by Gasteiger charge is -2.32. The number of aliphatic hydroxyl groups is 2. The molecule has 0 aromatic rings. The number of hydrogen-bond acceptors (Lipinski definition) is 5. The summed E-state index contributed by atoms with van der Waals surface area (Å²) in [6.07, 6.45) is -0.253. The zero-order chi connectivity index (χ0) is 11.5. The second-order valence-electron chi connectivity index (χ2n) is 3.27. The number of rotatable bonds is 4. The van der Waals surface area contributed by atoms with Crippen molar-refractivity contribution in [2.45, 2.75) is 12.8 Å². The van der Waals surface area contributed by atoms with Crippen LogP contribution in [0.5, 0.6) is 0 Å². The maximum atomic E-state index is 11.5. The lowest BCUT2D eigenvalue weighted by atomic mass is 9.78. The Morgan fingerprint density at radius 2 is 1.33 bits per heavy atom. The van der Waals surface area contributed by atoms with E-state index in [4.69, 9.17) is 10.2 Å². The van der Waals surface area contributed by atoms with Crippen LogP contribution in [0.2, 0.25) is 0 Å². The summed E-state index contributed by atoms with van der Waals surface area (Å²) in [7, 11) is 0. The zero-order valence-corrected chi connectivity index (χ0v) is 7.95. The fourth-order valence-corrected chi connectivity index (χ4v) is 1.54. The van der Waals surface area contributed by atoms with E-state index in [1.165, 1.54) is 0 Å². The van der Waals surface area contributed by atoms with Gasteiger partial charge in [-0.3, -0.25) is 20.2 Å². The minimum atomic E-state index is -1.54. The summed E-state index contributed by atoms with van der Waals surface area (Å²) in [6.45, 7) is -0.760. The van der Waals surface area contributed by atoms with Crippen LogP contribution in [0.3, 0.4) is 0 Å². The van der Waals surface area contributed by atoms with Crippen molar-refractivity contribution in [3.63, 3.8) is 0 Å². The van der Waals surface area contributed by atoms with Crippen LogP contribution in [0.15, 0.2) is 0 Å². The van der Waals surface area contributed by atoms with Crippen molar-refractivity contribution in [2.24, 2.45) is 5.41 Å². The Hall–Kier alpha value is -1.47. The Labute approximate surface area is 85.5 Å². The number of hydrogen-bond donors (Lipinski definition) is 4. The number of carbonyl (C=O) groups is 3. The van der Waals surface area contributed by atoms with E-state index in [0.717, 1.165) is 0 Å². The van der Waals surface area contributed by atoms with Gasteiger partial charge in [0.05, 0.1) is 0 Å². The number of urea groups is 1. The van der Waals surface area contributed by atoms with Gasteiger partial charge in [0.15, 0.2) is 0 Å². The van der Waals surface area contributed by atoms with Gasteiger partial charge in [-0.15, -0.1) is 0 Å². The van der Waals surface area contributed by atoms with Gasteiger partial charge in [-0.05, 0) is 12.8 Å². The zero-order valence-electron chi connectivity index (χ0n) is 7.95. The normalized spacial score (nSPS) is 19.7. The van der Waals surface area contributed by atoms with Crippen LogP contribution in [0.1, 0.15) is 12.8 Å². The molecule has 1 saturated heterocycles. The summed E-state index contributed by atoms with van der Waals surface area (Å²) in [5, 5.41) is 21.4. The Morgan fingerprint density at radius 1 is 0.933 bits per heavy atom. The summed E-state index contributed by atoms with van der Waals surface area (Å²) in [5.74, 6) is -1.56. The predicted octanol–water partition coefficient (Wildman–Crippen LogP) is -1.90. The van der Waals surface area contributed by atoms with Gasteiger partial charge in [-0.2, -0.15) is 0 Å². The molecule has 0 aromatic carbocycles. The lowest BCUT2D eigenvalue weighted by Crippen LogP contribution is -2.62. The molecular weight excluding hydrogens is 204 g/mol. The highest BCUT2D eigenvalue weighted by molar-refractivity contribution is 6.19. The fraction of sp³-hybridized carbons (Fsp3) is 0.625. The molecule has 0 unspecified atom stereocenters. The molecule has 0 atom stereocenters. The van der Waals surface area contributed by atoms with Gasteiger partial charge in [0.2, 0.25) is 11.8 Å². The van der Waals surface area contributed by atoms with Crippen LogP contribution in [-0.4, -0.2) is 41.3 Å². The number of imide groups is 2. The highest BCUT2D eigenvalue weighted by Gasteiger charge is 2.49. The Morgan fingerprint density at radius 3 is 1.67 bits per heavy atom. The standard InChI is InChI=1S/C8H12N2O5/c11-3-1-8(2-4-12)5(13)9-7(15)10-6(8)14/h11-12H,1-4H2,(H2,9,10,13,14,15). The SMILES string of the molecule is O=C1NC(=O)C(CCO)(CCO)C(=O)N1. The number of nitrogens with one attached hydrogen (secondary N) is 2. The molecular formula is C8H12N2O5. The van der Waals surface area contributed by atoms with Gasteiger partial charge in [0.1, 0.15) is 5.41 Å². The number of barbiturate groups is 1. The molecule has 0 aliphatic carbocycles. The maximum absolute atomic E-state index is 11.5. The third-order valence-corrected chi connectivity index (χ3v) is 2.40. The van der Waals surface area contributed by atoms with Gasteiger partial charge < -0.3 is 10.2 Å². The van der Waals surface area contributed by atoms with E-state index in [9.17, 15) is 14.4 Å². The molecule has 1 heterocycles. The maximum Gasteiger partial charge on any atom is 0.328 e. The van der Waals surface area contributed by atoms with Crippen molar-refractivity contribution in [1.29, 1.82) is 0 Å². The lowest BCUT2D eigenvalue weighted by molar-refractivity contribution is -0.146. The first kappa shape index (κ1) is 11.6. The first-order chi connectivity index (χ1) is 7.06. The van der Waals surface area contributed by atoms with Crippen molar-refractivity contribution >= 4 is 17.8 Å². The van der Waals surface area contributed by atoms with Crippen LogP contribution in [0.4, 0.5) is 4.79 Å². The van der Waals surface area contributed by atoms with Gasteiger partial charge in [0, 0.05) is 13.2 Å². The van der Waals surface area contributed by atoms with Gasteiger partial charge in [-0.25, -0.2) is 4.79 Å². The molecule has 7 heteroatoms. The molecule has 0 radical (unpaired) electrons. The average molecular weight is 216 g/mol. The van der Waals surface area contributed by atoms with Gasteiger partial charge >= 0.3 is 6.03 Å². The smallest absolute Gasteiger partial charge is 0.328 e. The Balaban J connectivity index is 2.97. The summed E-state index contributed by atoms with van der Waals surface area (Å²) >= 11 is 0. The minimum Gasteiger partial charge on any atom is -0.396 e. The fourth-order valence-electron chi connectivity index (χ4n) is 1.54. The predicted molar refractivity (Wildman–Crippen MR) is 47.5 cm³/mol. The minimum absolute atomic E-state index is 0.126.